The number of halogens is 1. The topological polar surface area (TPSA) is 106 Å². The first-order valence-corrected chi connectivity index (χ1v) is 13.1. The Labute approximate surface area is 236 Å². The second kappa shape index (κ2) is 11.6. The van der Waals surface area contributed by atoms with E-state index in [9.17, 15) is 9.59 Å². The number of amides is 1. The van der Waals surface area contributed by atoms with Crippen LogP contribution in [-0.2, 0) is 14.3 Å². The van der Waals surface area contributed by atoms with Crippen molar-refractivity contribution in [1.82, 2.24) is 15.3 Å². The normalized spacial score (nSPS) is 15.1. The van der Waals surface area contributed by atoms with Crippen LogP contribution in [0.25, 0.3) is 17.0 Å². The number of esters is 1. The van der Waals surface area contributed by atoms with E-state index < -0.39 is 17.8 Å². The minimum absolute atomic E-state index is 0.159. The van der Waals surface area contributed by atoms with Crippen LogP contribution in [0.3, 0.4) is 0 Å². The highest BCUT2D eigenvalue weighted by molar-refractivity contribution is 6.31. The van der Waals surface area contributed by atoms with E-state index in [1.165, 1.54) is 6.39 Å². The van der Waals surface area contributed by atoms with Crippen molar-refractivity contribution in [2.75, 3.05) is 11.9 Å². The Bertz CT molecular complexity index is 1620. The summed E-state index contributed by atoms with van der Waals surface area (Å²) < 4.78 is 11.1. The van der Waals surface area contributed by atoms with Gasteiger partial charge in [0.2, 0.25) is 0 Å². The van der Waals surface area contributed by atoms with Crippen LogP contribution in [0, 0.1) is 6.92 Å². The molecule has 9 heteroatoms. The van der Waals surface area contributed by atoms with Crippen molar-refractivity contribution in [3.05, 3.63) is 118 Å². The molecule has 1 unspecified atom stereocenters. The summed E-state index contributed by atoms with van der Waals surface area (Å²) in [5.74, 6) is -0.729. The van der Waals surface area contributed by atoms with Gasteiger partial charge in [0.25, 0.3) is 5.91 Å². The van der Waals surface area contributed by atoms with E-state index in [4.69, 9.17) is 20.8 Å². The SMILES string of the molecule is CCOC(=O)C1=C(c2ccc(-c3ocnc3C)cc2)NC(C)=C(C(=O)Nc2ccccn2)C1c1ccccc1Cl. The molecule has 0 spiro atoms. The maximum absolute atomic E-state index is 13.8. The molecule has 202 valence electrons. The summed E-state index contributed by atoms with van der Waals surface area (Å²) in [6.07, 6.45) is 3.00. The molecule has 0 saturated carbocycles. The number of aromatic nitrogens is 2. The quantitative estimate of drug-likeness (QED) is 0.259. The number of oxazole rings is 1. The van der Waals surface area contributed by atoms with E-state index in [0.717, 1.165) is 16.8 Å². The summed E-state index contributed by atoms with van der Waals surface area (Å²) in [5, 5.41) is 6.59. The zero-order chi connectivity index (χ0) is 28.2. The Kier molecular flexibility index (Phi) is 7.79. The summed E-state index contributed by atoms with van der Waals surface area (Å²) in [6.45, 7) is 5.57. The van der Waals surface area contributed by atoms with Gasteiger partial charge in [-0.15, -0.1) is 0 Å². The lowest BCUT2D eigenvalue weighted by molar-refractivity contribution is -0.138. The summed E-state index contributed by atoms with van der Waals surface area (Å²) in [6, 6.07) is 20.0. The van der Waals surface area contributed by atoms with E-state index in [1.807, 2.05) is 43.3 Å². The molecule has 40 heavy (non-hydrogen) atoms. The molecule has 8 nitrogen and oxygen atoms in total. The molecule has 4 aromatic rings. The largest absolute Gasteiger partial charge is 0.463 e. The van der Waals surface area contributed by atoms with Crippen LogP contribution in [0.4, 0.5) is 5.82 Å². The summed E-state index contributed by atoms with van der Waals surface area (Å²) in [5.41, 5.74) is 4.65. The van der Waals surface area contributed by atoms with Gasteiger partial charge < -0.3 is 19.8 Å². The van der Waals surface area contributed by atoms with E-state index >= 15 is 0 Å². The van der Waals surface area contributed by atoms with E-state index in [1.54, 1.807) is 50.4 Å². The number of aryl methyl sites for hydroxylation is 1. The minimum Gasteiger partial charge on any atom is -0.463 e. The number of carbonyl (C=O) groups excluding carboxylic acids is 2. The van der Waals surface area contributed by atoms with Crippen molar-refractivity contribution in [2.24, 2.45) is 0 Å². The third-order valence-electron chi connectivity index (χ3n) is 6.61. The van der Waals surface area contributed by atoms with Crippen LogP contribution >= 0.6 is 11.6 Å². The average molecular weight is 555 g/mol. The van der Waals surface area contributed by atoms with E-state index in [-0.39, 0.29) is 12.2 Å². The lowest BCUT2D eigenvalue weighted by Crippen LogP contribution is -2.34. The second-order valence-corrected chi connectivity index (χ2v) is 9.55. The minimum atomic E-state index is -0.816. The molecule has 0 radical (unpaired) electrons. The van der Waals surface area contributed by atoms with Gasteiger partial charge in [0.15, 0.2) is 12.2 Å². The first-order chi connectivity index (χ1) is 19.4. The number of nitrogens with zero attached hydrogens (tertiary/aromatic N) is 2. The number of carbonyl (C=O) groups is 2. The number of benzene rings is 2. The van der Waals surface area contributed by atoms with Crippen molar-refractivity contribution < 1.29 is 18.7 Å². The number of hydrogen-bond acceptors (Lipinski definition) is 7. The molecule has 2 N–H and O–H groups in total. The van der Waals surface area contributed by atoms with E-state index in [2.05, 4.69) is 20.6 Å². The van der Waals surface area contributed by atoms with Gasteiger partial charge in [0.05, 0.1) is 29.5 Å². The monoisotopic (exact) mass is 554 g/mol. The number of ether oxygens (including phenoxy) is 1. The van der Waals surface area contributed by atoms with Crippen LogP contribution in [0.2, 0.25) is 5.02 Å². The first-order valence-electron chi connectivity index (χ1n) is 12.8. The molecule has 0 fully saturated rings. The molecule has 1 atom stereocenters. The molecule has 0 saturated heterocycles. The van der Waals surface area contributed by atoms with E-state index in [0.29, 0.717) is 39.1 Å². The molecule has 1 amide bonds. The third-order valence-corrected chi connectivity index (χ3v) is 6.95. The highest BCUT2D eigenvalue weighted by Gasteiger charge is 2.39. The molecule has 2 aromatic heterocycles. The molecular formula is C31H27ClN4O4. The van der Waals surface area contributed by atoms with Gasteiger partial charge in [0, 0.05) is 28.1 Å². The highest BCUT2D eigenvalue weighted by atomic mass is 35.5. The summed E-state index contributed by atoms with van der Waals surface area (Å²) >= 11 is 6.69. The molecular weight excluding hydrogens is 528 g/mol. The van der Waals surface area contributed by atoms with Crippen LogP contribution in [0.5, 0.6) is 0 Å². The molecule has 1 aliphatic rings. The summed E-state index contributed by atoms with van der Waals surface area (Å²) in [7, 11) is 0. The fraction of sp³-hybridized carbons (Fsp3) is 0.161. The molecule has 2 aromatic carbocycles. The van der Waals surface area contributed by atoms with Gasteiger partial charge in [0.1, 0.15) is 5.82 Å². The van der Waals surface area contributed by atoms with Crippen molar-refractivity contribution in [3.8, 4) is 11.3 Å². The number of pyridine rings is 1. The Balaban J connectivity index is 1.67. The smallest absolute Gasteiger partial charge is 0.337 e. The summed E-state index contributed by atoms with van der Waals surface area (Å²) in [4.78, 5) is 35.8. The molecule has 0 aliphatic carbocycles. The van der Waals surface area contributed by atoms with Gasteiger partial charge in [-0.3, -0.25) is 4.79 Å². The standard InChI is InChI=1S/C31H27ClN4O4/c1-4-39-31(38)27-26(22-9-5-6-10-23(22)32)25(30(37)36-24-11-7-8-16-33-24)18(2)35-28(27)20-12-14-21(15-13-20)29-19(3)34-17-40-29/h5-17,26,35H,4H2,1-3H3,(H,33,36,37). The zero-order valence-corrected chi connectivity index (χ0v) is 23.0. The number of allylic oxidation sites excluding steroid dienone is 1. The van der Waals surface area contributed by atoms with Crippen LogP contribution in [0.15, 0.2) is 101 Å². The number of anilines is 1. The average Bonchev–Trinajstić information content (AvgIpc) is 3.39. The second-order valence-electron chi connectivity index (χ2n) is 9.14. The highest BCUT2D eigenvalue weighted by Crippen LogP contribution is 2.44. The Morgan fingerprint density at radius 3 is 2.35 bits per heavy atom. The van der Waals surface area contributed by atoms with Crippen LogP contribution < -0.4 is 10.6 Å². The Morgan fingerprint density at radius 1 is 0.975 bits per heavy atom. The van der Waals surface area contributed by atoms with Crippen molar-refractivity contribution >= 4 is 35.0 Å². The third kappa shape index (κ3) is 5.26. The molecule has 3 heterocycles. The zero-order valence-electron chi connectivity index (χ0n) is 22.2. The first kappa shape index (κ1) is 26.9. The maximum atomic E-state index is 13.8. The number of dihydropyridines is 1. The van der Waals surface area contributed by atoms with Crippen LogP contribution in [0.1, 0.15) is 36.6 Å². The Morgan fingerprint density at radius 2 is 1.70 bits per heavy atom. The number of nitrogens with one attached hydrogen (secondary N) is 2. The van der Waals surface area contributed by atoms with Gasteiger partial charge >= 0.3 is 5.97 Å². The van der Waals surface area contributed by atoms with Crippen LogP contribution in [-0.4, -0.2) is 28.5 Å². The van der Waals surface area contributed by atoms with Gasteiger partial charge in [-0.05, 0) is 50.1 Å². The lowest BCUT2D eigenvalue weighted by Gasteiger charge is -2.32. The van der Waals surface area contributed by atoms with Crippen molar-refractivity contribution in [1.29, 1.82) is 0 Å². The molecule has 1 aliphatic heterocycles. The predicted octanol–water partition coefficient (Wildman–Crippen LogP) is 6.27. The molecule has 5 rings (SSSR count). The van der Waals surface area contributed by atoms with Gasteiger partial charge in [-0.2, -0.15) is 0 Å². The van der Waals surface area contributed by atoms with Gasteiger partial charge in [-0.25, -0.2) is 14.8 Å². The molecule has 0 bridgehead atoms. The maximum Gasteiger partial charge on any atom is 0.337 e. The fourth-order valence-electron chi connectivity index (χ4n) is 4.79. The Hall–Kier alpha value is -4.69. The number of rotatable bonds is 7. The lowest BCUT2D eigenvalue weighted by atomic mass is 9.78. The van der Waals surface area contributed by atoms with Crippen molar-refractivity contribution in [2.45, 2.75) is 26.7 Å². The van der Waals surface area contributed by atoms with Gasteiger partial charge in [-0.1, -0.05) is 60.1 Å². The number of hydrogen-bond donors (Lipinski definition) is 2. The predicted molar refractivity (Wildman–Crippen MR) is 153 cm³/mol. The fourth-order valence-corrected chi connectivity index (χ4v) is 5.04. The van der Waals surface area contributed by atoms with Crippen molar-refractivity contribution in [3.63, 3.8) is 0 Å².